The molecule has 1 aromatic carbocycles. The van der Waals surface area contributed by atoms with E-state index in [4.69, 9.17) is 9.47 Å². The zero-order valence-electron chi connectivity index (χ0n) is 15.1. The maximum absolute atomic E-state index is 11.5. The number of carboxylic acid groups (broad SMARTS) is 1. The Kier molecular flexibility index (Phi) is 5.15. The number of hydrogen-bond acceptors (Lipinski definition) is 4. The standard InChI is InChI=1S/C18H26N2O4Si/c1-25(2,3)9-8-23-12-20-16-7-6-14(24-11-13-4-5-13)10-15(16)17(19-20)18(21)22/h6-7,10,13H,4-5,8-9,11-12H2,1-3H3,(H,21,22). The average Bonchev–Trinajstić information content (AvgIpc) is 3.29. The smallest absolute Gasteiger partial charge is 0.357 e. The summed E-state index contributed by atoms with van der Waals surface area (Å²) < 4.78 is 13.1. The molecule has 0 aliphatic heterocycles. The number of carboxylic acids is 1. The zero-order valence-corrected chi connectivity index (χ0v) is 16.1. The average molecular weight is 363 g/mol. The van der Waals surface area contributed by atoms with E-state index in [0.29, 0.717) is 30.3 Å². The second kappa shape index (κ2) is 7.17. The number of benzene rings is 1. The van der Waals surface area contributed by atoms with Gasteiger partial charge in [0.15, 0.2) is 5.69 Å². The van der Waals surface area contributed by atoms with Gasteiger partial charge < -0.3 is 14.6 Å². The number of rotatable bonds is 9. The van der Waals surface area contributed by atoms with Gasteiger partial charge in [-0.2, -0.15) is 5.10 Å². The predicted octanol–water partition coefficient (Wildman–Crippen LogP) is 3.84. The van der Waals surface area contributed by atoms with E-state index in [-0.39, 0.29) is 12.4 Å². The lowest BCUT2D eigenvalue weighted by molar-refractivity contribution is 0.0676. The number of carbonyl (C=O) groups is 1. The van der Waals surface area contributed by atoms with Crippen LogP contribution >= 0.6 is 0 Å². The molecule has 7 heteroatoms. The summed E-state index contributed by atoms with van der Waals surface area (Å²) in [5.74, 6) is 0.309. The summed E-state index contributed by atoms with van der Waals surface area (Å²) in [4.78, 5) is 11.5. The van der Waals surface area contributed by atoms with Crippen molar-refractivity contribution in [3.8, 4) is 5.75 Å². The van der Waals surface area contributed by atoms with Crippen LogP contribution in [0.1, 0.15) is 23.3 Å². The Morgan fingerprint density at radius 3 is 2.76 bits per heavy atom. The monoisotopic (exact) mass is 362 g/mol. The quantitative estimate of drug-likeness (QED) is 0.542. The summed E-state index contributed by atoms with van der Waals surface area (Å²) in [5.41, 5.74) is 0.796. The van der Waals surface area contributed by atoms with Crippen molar-refractivity contribution in [1.82, 2.24) is 9.78 Å². The third-order valence-corrected chi connectivity index (χ3v) is 6.02. The van der Waals surface area contributed by atoms with Crippen LogP contribution in [-0.4, -0.2) is 42.1 Å². The highest BCUT2D eigenvalue weighted by atomic mass is 28.3. The molecule has 0 bridgehead atoms. The van der Waals surface area contributed by atoms with E-state index in [0.717, 1.165) is 11.6 Å². The van der Waals surface area contributed by atoms with Crippen LogP contribution < -0.4 is 4.74 Å². The van der Waals surface area contributed by atoms with Crippen LogP contribution in [0.3, 0.4) is 0 Å². The second-order valence-electron chi connectivity index (χ2n) is 7.93. The molecule has 1 saturated carbocycles. The normalized spacial score (nSPS) is 14.8. The molecule has 1 fully saturated rings. The first-order valence-corrected chi connectivity index (χ1v) is 12.5. The number of fused-ring (bicyclic) bond motifs is 1. The summed E-state index contributed by atoms with van der Waals surface area (Å²) in [7, 11) is -1.15. The molecule has 3 rings (SSSR count). The predicted molar refractivity (Wildman–Crippen MR) is 99.0 cm³/mol. The van der Waals surface area contributed by atoms with Crippen LogP contribution in [0.15, 0.2) is 18.2 Å². The molecule has 0 unspecified atom stereocenters. The Labute approximate surface area is 148 Å². The van der Waals surface area contributed by atoms with E-state index < -0.39 is 14.0 Å². The summed E-state index contributed by atoms with van der Waals surface area (Å²) >= 11 is 0. The zero-order chi connectivity index (χ0) is 18.0. The van der Waals surface area contributed by atoms with Crippen LogP contribution in [-0.2, 0) is 11.5 Å². The van der Waals surface area contributed by atoms with Crippen LogP contribution in [0.25, 0.3) is 10.9 Å². The maximum atomic E-state index is 11.5. The number of aromatic carboxylic acids is 1. The summed E-state index contributed by atoms with van der Waals surface area (Å²) in [6.07, 6.45) is 2.44. The van der Waals surface area contributed by atoms with Crippen LogP contribution in [0.4, 0.5) is 0 Å². The first kappa shape index (κ1) is 17.9. The van der Waals surface area contributed by atoms with Gasteiger partial charge in [0.2, 0.25) is 0 Å². The van der Waals surface area contributed by atoms with Crippen molar-refractivity contribution in [2.45, 2.75) is 45.3 Å². The molecular weight excluding hydrogens is 336 g/mol. The lowest BCUT2D eigenvalue weighted by atomic mass is 10.2. The molecule has 0 saturated heterocycles. The molecule has 0 amide bonds. The Balaban J connectivity index is 1.74. The Hall–Kier alpha value is -1.86. The SMILES string of the molecule is C[Si](C)(C)CCOCn1nc(C(=O)O)c2cc(OCC3CC3)ccc21. The summed E-state index contributed by atoms with van der Waals surface area (Å²) in [6.45, 7) is 8.52. The van der Waals surface area contributed by atoms with Crippen LogP contribution in [0.5, 0.6) is 5.75 Å². The topological polar surface area (TPSA) is 73.6 Å². The van der Waals surface area contributed by atoms with Gasteiger partial charge in [-0.05, 0) is 43.0 Å². The molecule has 1 aromatic heterocycles. The van der Waals surface area contributed by atoms with E-state index >= 15 is 0 Å². The van der Waals surface area contributed by atoms with Gasteiger partial charge in [0.05, 0.1) is 12.1 Å². The van der Waals surface area contributed by atoms with Crippen molar-refractivity contribution >= 4 is 24.9 Å². The molecule has 0 radical (unpaired) electrons. The van der Waals surface area contributed by atoms with Gasteiger partial charge in [-0.15, -0.1) is 0 Å². The van der Waals surface area contributed by atoms with E-state index in [1.54, 1.807) is 10.7 Å². The highest BCUT2D eigenvalue weighted by Crippen LogP contribution is 2.31. The van der Waals surface area contributed by atoms with Gasteiger partial charge in [-0.3, -0.25) is 0 Å². The molecule has 0 spiro atoms. The fraction of sp³-hybridized carbons (Fsp3) is 0.556. The van der Waals surface area contributed by atoms with Crippen LogP contribution in [0.2, 0.25) is 25.7 Å². The number of ether oxygens (including phenoxy) is 2. The van der Waals surface area contributed by atoms with E-state index in [1.807, 2.05) is 12.1 Å². The highest BCUT2D eigenvalue weighted by molar-refractivity contribution is 6.76. The minimum atomic E-state index is -1.15. The Bertz CT molecular complexity index is 762. The Morgan fingerprint density at radius 2 is 2.12 bits per heavy atom. The van der Waals surface area contributed by atoms with Crippen molar-refractivity contribution in [2.24, 2.45) is 5.92 Å². The molecular formula is C18H26N2O4Si. The molecule has 2 aromatic rings. The molecule has 136 valence electrons. The first-order chi connectivity index (χ1) is 11.8. The highest BCUT2D eigenvalue weighted by Gasteiger charge is 2.22. The van der Waals surface area contributed by atoms with Crippen molar-refractivity contribution in [3.05, 3.63) is 23.9 Å². The third kappa shape index (κ3) is 4.82. The number of aromatic nitrogens is 2. The molecule has 1 heterocycles. The van der Waals surface area contributed by atoms with Gasteiger partial charge in [0, 0.05) is 20.1 Å². The number of hydrogen-bond donors (Lipinski definition) is 1. The summed E-state index contributed by atoms with van der Waals surface area (Å²) in [5, 5.41) is 14.3. The second-order valence-corrected chi connectivity index (χ2v) is 13.6. The molecule has 1 aliphatic rings. The van der Waals surface area contributed by atoms with E-state index in [9.17, 15) is 9.90 Å². The van der Waals surface area contributed by atoms with Gasteiger partial charge in [0.25, 0.3) is 0 Å². The first-order valence-electron chi connectivity index (χ1n) is 8.78. The Morgan fingerprint density at radius 1 is 1.36 bits per heavy atom. The van der Waals surface area contributed by atoms with Crippen molar-refractivity contribution in [2.75, 3.05) is 13.2 Å². The van der Waals surface area contributed by atoms with Crippen molar-refractivity contribution < 1.29 is 19.4 Å². The van der Waals surface area contributed by atoms with Crippen LogP contribution in [0, 0.1) is 5.92 Å². The van der Waals surface area contributed by atoms with E-state index in [2.05, 4.69) is 24.7 Å². The molecule has 6 nitrogen and oxygen atoms in total. The number of nitrogens with zero attached hydrogens (tertiary/aromatic N) is 2. The molecule has 0 atom stereocenters. The minimum Gasteiger partial charge on any atom is -0.493 e. The molecule has 1 aliphatic carbocycles. The molecule has 25 heavy (non-hydrogen) atoms. The summed E-state index contributed by atoms with van der Waals surface area (Å²) in [6, 6.07) is 6.57. The van der Waals surface area contributed by atoms with Gasteiger partial charge >= 0.3 is 5.97 Å². The maximum Gasteiger partial charge on any atom is 0.357 e. The largest absolute Gasteiger partial charge is 0.493 e. The fourth-order valence-corrected chi connectivity index (χ4v) is 3.29. The van der Waals surface area contributed by atoms with Crippen molar-refractivity contribution in [3.63, 3.8) is 0 Å². The molecule has 1 N–H and O–H groups in total. The van der Waals surface area contributed by atoms with Gasteiger partial charge in [-0.25, -0.2) is 9.48 Å². The minimum absolute atomic E-state index is 0.0423. The lowest BCUT2D eigenvalue weighted by Gasteiger charge is -2.15. The lowest BCUT2D eigenvalue weighted by Crippen LogP contribution is -2.22. The van der Waals surface area contributed by atoms with Crippen molar-refractivity contribution in [1.29, 1.82) is 0 Å². The van der Waals surface area contributed by atoms with E-state index in [1.165, 1.54) is 12.8 Å². The fourth-order valence-electron chi connectivity index (χ4n) is 2.53. The van der Waals surface area contributed by atoms with Gasteiger partial charge in [0.1, 0.15) is 12.5 Å². The third-order valence-electron chi connectivity index (χ3n) is 4.32. The van der Waals surface area contributed by atoms with Gasteiger partial charge in [-0.1, -0.05) is 19.6 Å².